The summed E-state index contributed by atoms with van der Waals surface area (Å²) in [5.41, 5.74) is 7.24. The Morgan fingerprint density at radius 1 is 1.41 bits per heavy atom. The van der Waals surface area contributed by atoms with Crippen molar-refractivity contribution in [3.63, 3.8) is 0 Å². The SMILES string of the molecule is COc1ccc2cc(C(C)(CN)CO)[nH]c2c1. The van der Waals surface area contributed by atoms with Gasteiger partial charge in [0, 0.05) is 29.2 Å². The van der Waals surface area contributed by atoms with Gasteiger partial charge in [0.2, 0.25) is 0 Å². The van der Waals surface area contributed by atoms with E-state index in [1.165, 1.54) is 0 Å². The molecule has 17 heavy (non-hydrogen) atoms. The van der Waals surface area contributed by atoms with Crippen LogP contribution in [0, 0.1) is 0 Å². The van der Waals surface area contributed by atoms with Crippen LogP contribution in [-0.4, -0.2) is 30.4 Å². The first-order valence-electron chi connectivity index (χ1n) is 5.61. The molecule has 0 spiro atoms. The maximum Gasteiger partial charge on any atom is 0.120 e. The number of aromatic amines is 1. The van der Waals surface area contributed by atoms with Crippen LogP contribution < -0.4 is 10.5 Å². The lowest BCUT2D eigenvalue weighted by Crippen LogP contribution is -2.35. The first kappa shape index (κ1) is 12.0. The molecule has 2 aromatic rings. The molecule has 0 fully saturated rings. The van der Waals surface area contributed by atoms with Crippen molar-refractivity contribution >= 4 is 10.9 Å². The monoisotopic (exact) mass is 234 g/mol. The number of aliphatic hydroxyl groups excluding tert-OH is 1. The van der Waals surface area contributed by atoms with E-state index in [1.807, 2.05) is 31.2 Å². The van der Waals surface area contributed by atoms with Crippen LogP contribution in [0.3, 0.4) is 0 Å². The smallest absolute Gasteiger partial charge is 0.120 e. The number of nitrogens with one attached hydrogen (secondary N) is 1. The molecule has 0 aliphatic carbocycles. The van der Waals surface area contributed by atoms with Gasteiger partial charge in [-0.3, -0.25) is 0 Å². The molecule has 1 aromatic heterocycles. The normalized spacial score (nSPS) is 14.8. The number of aromatic nitrogens is 1. The summed E-state index contributed by atoms with van der Waals surface area (Å²) in [5.74, 6) is 0.810. The van der Waals surface area contributed by atoms with Crippen LogP contribution in [0.5, 0.6) is 5.75 Å². The quantitative estimate of drug-likeness (QED) is 0.748. The molecular weight excluding hydrogens is 216 g/mol. The van der Waals surface area contributed by atoms with Crippen LogP contribution in [0.4, 0.5) is 0 Å². The third kappa shape index (κ3) is 2.01. The molecule has 0 aliphatic rings. The van der Waals surface area contributed by atoms with Gasteiger partial charge in [-0.05, 0) is 23.6 Å². The number of hydrogen-bond acceptors (Lipinski definition) is 3. The largest absolute Gasteiger partial charge is 0.497 e. The fraction of sp³-hybridized carbons (Fsp3) is 0.385. The van der Waals surface area contributed by atoms with Crippen molar-refractivity contribution in [3.05, 3.63) is 30.0 Å². The molecule has 4 N–H and O–H groups in total. The second-order valence-corrected chi connectivity index (χ2v) is 4.56. The Labute approximate surface area is 100 Å². The topological polar surface area (TPSA) is 71.3 Å². The van der Waals surface area contributed by atoms with Crippen LogP contribution in [0.2, 0.25) is 0 Å². The van der Waals surface area contributed by atoms with Crippen LogP contribution in [0.15, 0.2) is 24.3 Å². The Morgan fingerprint density at radius 2 is 2.18 bits per heavy atom. The van der Waals surface area contributed by atoms with Crippen LogP contribution in [0.25, 0.3) is 10.9 Å². The Kier molecular flexibility index (Phi) is 3.09. The van der Waals surface area contributed by atoms with Crippen molar-refractivity contribution < 1.29 is 9.84 Å². The van der Waals surface area contributed by atoms with E-state index in [0.29, 0.717) is 6.54 Å². The molecule has 1 heterocycles. The van der Waals surface area contributed by atoms with Gasteiger partial charge >= 0.3 is 0 Å². The second-order valence-electron chi connectivity index (χ2n) is 4.56. The van der Waals surface area contributed by atoms with Gasteiger partial charge in [-0.2, -0.15) is 0 Å². The second kappa shape index (κ2) is 4.39. The molecule has 1 aromatic carbocycles. The lowest BCUT2D eigenvalue weighted by Gasteiger charge is -2.23. The van der Waals surface area contributed by atoms with Gasteiger partial charge in [-0.25, -0.2) is 0 Å². The molecule has 0 aliphatic heterocycles. The summed E-state index contributed by atoms with van der Waals surface area (Å²) in [4.78, 5) is 3.29. The third-order valence-corrected chi connectivity index (χ3v) is 3.28. The number of methoxy groups -OCH3 is 1. The molecule has 4 nitrogen and oxygen atoms in total. The van der Waals surface area contributed by atoms with E-state index in [4.69, 9.17) is 10.5 Å². The predicted molar refractivity (Wildman–Crippen MR) is 68.3 cm³/mol. The number of rotatable bonds is 4. The summed E-state index contributed by atoms with van der Waals surface area (Å²) in [5, 5.41) is 10.5. The van der Waals surface area contributed by atoms with E-state index >= 15 is 0 Å². The number of benzene rings is 1. The lowest BCUT2D eigenvalue weighted by molar-refractivity contribution is 0.207. The summed E-state index contributed by atoms with van der Waals surface area (Å²) in [7, 11) is 1.64. The van der Waals surface area contributed by atoms with Gasteiger partial charge in [0.25, 0.3) is 0 Å². The zero-order valence-electron chi connectivity index (χ0n) is 10.2. The fourth-order valence-electron chi connectivity index (χ4n) is 1.82. The highest BCUT2D eigenvalue weighted by Crippen LogP contribution is 2.27. The summed E-state index contributed by atoms with van der Waals surface area (Å²) >= 11 is 0. The van der Waals surface area contributed by atoms with Crippen molar-refractivity contribution in [1.82, 2.24) is 4.98 Å². The van der Waals surface area contributed by atoms with Gasteiger partial charge in [0.15, 0.2) is 0 Å². The number of fused-ring (bicyclic) bond motifs is 1. The molecule has 0 radical (unpaired) electrons. The van der Waals surface area contributed by atoms with E-state index < -0.39 is 5.41 Å². The minimum atomic E-state index is -0.424. The molecule has 1 unspecified atom stereocenters. The standard InChI is InChI=1S/C13H18N2O2/c1-13(7-14,8-16)12-5-9-3-4-10(17-2)6-11(9)15-12/h3-6,15-16H,7-8,14H2,1-2H3. The van der Waals surface area contributed by atoms with Crippen molar-refractivity contribution in [2.75, 3.05) is 20.3 Å². The predicted octanol–water partition coefficient (Wildman–Crippen LogP) is 1.39. The molecule has 0 amide bonds. The minimum Gasteiger partial charge on any atom is -0.497 e. The minimum absolute atomic E-state index is 0.0213. The first-order valence-corrected chi connectivity index (χ1v) is 5.61. The first-order chi connectivity index (χ1) is 8.12. The number of aliphatic hydroxyl groups is 1. The van der Waals surface area contributed by atoms with E-state index in [2.05, 4.69) is 4.98 Å². The Morgan fingerprint density at radius 3 is 2.76 bits per heavy atom. The highest BCUT2D eigenvalue weighted by molar-refractivity contribution is 5.82. The van der Waals surface area contributed by atoms with Gasteiger partial charge in [0.1, 0.15) is 5.75 Å². The summed E-state index contributed by atoms with van der Waals surface area (Å²) in [6.07, 6.45) is 0. The van der Waals surface area contributed by atoms with Crippen molar-refractivity contribution in [2.24, 2.45) is 5.73 Å². The Hall–Kier alpha value is -1.52. The average molecular weight is 234 g/mol. The van der Waals surface area contributed by atoms with Gasteiger partial charge in [-0.15, -0.1) is 0 Å². The van der Waals surface area contributed by atoms with E-state index in [0.717, 1.165) is 22.3 Å². The van der Waals surface area contributed by atoms with Gasteiger partial charge < -0.3 is 20.6 Å². The molecule has 2 rings (SSSR count). The van der Waals surface area contributed by atoms with Crippen molar-refractivity contribution in [3.8, 4) is 5.75 Å². The van der Waals surface area contributed by atoms with E-state index in [1.54, 1.807) is 7.11 Å². The molecule has 4 heteroatoms. The zero-order chi connectivity index (χ0) is 12.5. The number of hydrogen-bond donors (Lipinski definition) is 3. The number of ether oxygens (including phenoxy) is 1. The molecule has 0 bridgehead atoms. The molecule has 1 atom stereocenters. The summed E-state index contributed by atoms with van der Waals surface area (Å²) in [6, 6.07) is 7.87. The molecule has 92 valence electrons. The van der Waals surface area contributed by atoms with Gasteiger partial charge in [0.05, 0.1) is 13.7 Å². The molecule has 0 saturated carbocycles. The summed E-state index contributed by atoms with van der Waals surface area (Å²) < 4.78 is 5.18. The van der Waals surface area contributed by atoms with E-state index in [-0.39, 0.29) is 6.61 Å². The highest BCUT2D eigenvalue weighted by Gasteiger charge is 2.26. The van der Waals surface area contributed by atoms with Crippen molar-refractivity contribution in [1.29, 1.82) is 0 Å². The van der Waals surface area contributed by atoms with Crippen LogP contribution in [0.1, 0.15) is 12.6 Å². The van der Waals surface area contributed by atoms with Crippen LogP contribution >= 0.6 is 0 Å². The molecular formula is C13H18N2O2. The highest BCUT2D eigenvalue weighted by atomic mass is 16.5. The number of H-pyrrole nitrogens is 1. The maximum absolute atomic E-state index is 9.44. The number of nitrogens with two attached hydrogens (primary N) is 1. The molecule has 0 saturated heterocycles. The zero-order valence-corrected chi connectivity index (χ0v) is 10.2. The van der Waals surface area contributed by atoms with Crippen LogP contribution in [-0.2, 0) is 5.41 Å². The van der Waals surface area contributed by atoms with E-state index in [9.17, 15) is 5.11 Å². The maximum atomic E-state index is 9.44. The summed E-state index contributed by atoms with van der Waals surface area (Å²) in [6.45, 7) is 2.36. The van der Waals surface area contributed by atoms with Crippen molar-refractivity contribution in [2.45, 2.75) is 12.3 Å². The fourth-order valence-corrected chi connectivity index (χ4v) is 1.82. The Balaban J connectivity index is 2.50. The lowest BCUT2D eigenvalue weighted by atomic mass is 9.88. The average Bonchev–Trinajstić information content (AvgIpc) is 2.80. The third-order valence-electron chi connectivity index (χ3n) is 3.28. The Bertz CT molecular complexity index is 515. The van der Waals surface area contributed by atoms with Gasteiger partial charge in [-0.1, -0.05) is 6.92 Å².